The third-order valence-electron chi connectivity index (χ3n) is 4.26. The fourth-order valence-electron chi connectivity index (χ4n) is 3.09. The second kappa shape index (κ2) is 5.77. The molecule has 0 aromatic carbocycles. The molecule has 0 radical (unpaired) electrons. The van der Waals surface area contributed by atoms with Crippen molar-refractivity contribution in [3.63, 3.8) is 0 Å². The van der Waals surface area contributed by atoms with Crippen LogP contribution in [0.5, 0.6) is 0 Å². The van der Waals surface area contributed by atoms with E-state index in [1.54, 1.807) is 0 Å². The molecule has 1 unspecified atom stereocenters. The molecule has 1 aliphatic heterocycles. The number of fused-ring (bicyclic) bond motifs is 1. The number of aliphatic hydroxyl groups excluding tert-OH is 1. The van der Waals surface area contributed by atoms with Crippen molar-refractivity contribution >= 4 is 27.5 Å². The van der Waals surface area contributed by atoms with E-state index in [1.807, 2.05) is 29.6 Å². The van der Waals surface area contributed by atoms with Crippen molar-refractivity contribution in [3.8, 4) is 0 Å². The highest BCUT2D eigenvalue weighted by molar-refractivity contribution is 7.20. The van der Waals surface area contributed by atoms with Gasteiger partial charge in [-0.25, -0.2) is 0 Å². The third kappa shape index (κ3) is 2.58. The van der Waals surface area contributed by atoms with Crippen LogP contribution in [0.1, 0.15) is 41.0 Å². The van der Waals surface area contributed by atoms with E-state index >= 15 is 0 Å². The van der Waals surface area contributed by atoms with Crippen molar-refractivity contribution < 1.29 is 9.90 Å². The SMILES string of the molecule is Cc1nn(C)c2sc(C(=O)N3CCCCCC3CO)cc12. The maximum absolute atomic E-state index is 12.8. The Morgan fingerprint density at radius 2 is 2.29 bits per heavy atom. The van der Waals surface area contributed by atoms with Crippen LogP contribution in [-0.4, -0.2) is 44.9 Å². The third-order valence-corrected chi connectivity index (χ3v) is 5.45. The van der Waals surface area contributed by atoms with Crippen LogP contribution in [0.15, 0.2) is 6.07 Å². The van der Waals surface area contributed by atoms with Gasteiger partial charge in [0.15, 0.2) is 0 Å². The Bertz CT molecular complexity index is 627. The maximum Gasteiger partial charge on any atom is 0.264 e. The molecule has 1 atom stereocenters. The molecular weight excluding hydrogens is 286 g/mol. The Morgan fingerprint density at radius 3 is 3.00 bits per heavy atom. The van der Waals surface area contributed by atoms with E-state index in [1.165, 1.54) is 11.3 Å². The minimum Gasteiger partial charge on any atom is -0.394 e. The van der Waals surface area contributed by atoms with Gasteiger partial charge in [-0.05, 0) is 25.8 Å². The molecule has 0 spiro atoms. The molecular formula is C15H21N3O2S. The number of carbonyl (C=O) groups excluding carboxylic acids is 1. The zero-order valence-corrected chi connectivity index (χ0v) is 13.3. The number of likely N-dealkylation sites (tertiary alicyclic amines) is 1. The highest BCUT2D eigenvalue weighted by atomic mass is 32.1. The number of carbonyl (C=O) groups is 1. The van der Waals surface area contributed by atoms with E-state index < -0.39 is 0 Å². The number of thiophene rings is 1. The quantitative estimate of drug-likeness (QED) is 0.926. The number of hydrogen-bond acceptors (Lipinski definition) is 4. The fraction of sp³-hybridized carbons (Fsp3) is 0.600. The lowest BCUT2D eigenvalue weighted by atomic mass is 10.1. The van der Waals surface area contributed by atoms with Gasteiger partial charge in [0.2, 0.25) is 0 Å². The number of aliphatic hydroxyl groups is 1. The number of amides is 1. The lowest BCUT2D eigenvalue weighted by Gasteiger charge is -2.28. The Hall–Kier alpha value is -1.40. The number of nitrogens with zero attached hydrogens (tertiary/aromatic N) is 3. The first-order valence-corrected chi connectivity index (χ1v) is 8.28. The van der Waals surface area contributed by atoms with Gasteiger partial charge in [0.1, 0.15) is 4.83 Å². The van der Waals surface area contributed by atoms with Crippen LogP contribution in [0.25, 0.3) is 10.2 Å². The molecule has 6 heteroatoms. The first kappa shape index (κ1) is 14.5. The fourth-order valence-corrected chi connectivity index (χ4v) is 4.17. The van der Waals surface area contributed by atoms with Gasteiger partial charge in [-0.1, -0.05) is 12.8 Å². The van der Waals surface area contributed by atoms with Gasteiger partial charge in [0, 0.05) is 19.0 Å². The van der Waals surface area contributed by atoms with E-state index in [2.05, 4.69) is 5.10 Å². The second-order valence-corrected chi connectivity index (χ2v) is 6.75. The first-order valence-electron chi connectivity index (χ1n) is 7.46. The predicted molar refractivity (Wildman–Crippen MR) is 83.7 cm³/mol. The summed E-state index contributed by atoms with van der Waals surface area (Å²) in [6.07, 6.45) is 4.14. The van der Waals surface area contributed by atoms with E-state index in [0.29, 0.717) is 0 Å². The molecule has 0 aliphatic carbocycles. The Labute approximate surface area is 128 Å². The molecule has 1 aliphatic rings. The molecule has 2 aromatic heterocycles. The van der Waals surface area contributed by atoms with Crippen LogP contribution < -0.4 is 0 Å². The largest absolute Gasteiger partial charge is 0.394 e. The van der Waals surface area contributed by atoms with E-state index in [4.69, 9.17) is 0 Å². The highest BCUT2D eigenvalue weighted by Crippen LogP contribution is 2.30. The molecule has 1 amide bonds. The number of aryl methyl sites for hydroxylation is 2. The predicted octanol–water partition coefficient (Wildman–Crippen LogP) is 2.32. The van der Waals surface area contributed by atoms with Gasteiger partial charge in [0.05, 0.1) is 23.2 Å². The summed E-state index contributed by atoms with van der Waals surface area (Å²) in [5, 5.41) is 15.0. The molecule has 1 fully saturated rings. The van der Waals surface area contributed by atoms with Gasteiger partial charge < -0.3 is 10.0 Å². The molecule has 1 N–H and O–H groups in total. The van der Waals surface area contributed by atoms with Crippen LogP contribution in [-0.2, 0) is 7.05 Å². The molecule has 2 aromatic rings. The van der Waals surface area contributed by atoms with E-state index in [-0.39, 0.29) is 18.6 Å². The molecule has 5 nitrogen and oxygen atoms in total. The van der Waals surface area contributed by atoms with Gasteiger partial charge in [-0.3, -0.25) is 9.48 Å². The van der Waals surface area contributed by atoms with Gasteiger partial charge in [0.25, 0.3) is 5.91 Å². The summed E-state index contributed by atoms with van der Waals surface area (Å²) in [4.78, 5) is 16.5. The Balaban J connectivity index is 1.92. The van der Waals surface area contributed by atoms with Crippen LogP contribution in [0.3, 0.4) is 0 Å². The zero-order valence-electron chi connectivity index (χ0n) is 12.5. The second-order valence-electron chi connectivity index (χ2n) is 5.72. The number of hydrogen-bond donors (Lipinski definition) is 1. The smallest absolute Gasteiger partial charge is 0.264 e. The standard InChI is InChI=1S/C15H21N3O2S/c1-10-12-8-13(21-15(12)17(2)16-10)14(20)18-7-5-3-4-6-11(18)9-19/h8,11,19H,3-7,9H2,1-2H3. The van der Waals surface area contributed by atoms with Crippen LogP contribution in [0.2, 0.25) is 0 Å². The summed E-state index contributed by atoms with van der Waals surface area (Å²) >= 11 is 1.49. The monoisotopic (exact) mass is 307 g/mol. The minimum absolute atomic E-state index is 0.0376. The average Bonchev–Trinajstić information content (AvgIpc) is 2.91. The normalized spacial score (nSPS) is 20.0. The van der Waals surface area contributed by atoms with E-state index in [9.17, 15) is 9.90 Å². The summed E-state index contributed by atoms with van der Waals surface area (Å²) in [7, 11) is 1.91. The number of aromatic nitrogens is 2. The summed E-state index contributed by atoms with van der Waals surface area (Å²) in [6.45, 7) is 2.76. The van der Waals surface area contributed by atoms with E-state index in [0.717, 1.165) is 53.0 Å². The van der Waals surface area contributed by atoms with Crippen molar-refractivity contribution in [1.29, 1.82) is 0 Å². The molecule has 21 heavy (non-hydrogen) atoms. The zero-order chi connectivity index (χ0) is 15.0. The molecule has 114 valence electrons. The Kier molecular flexibility index (Phi) is 3.99. The molecule has 3 rings (SSSR count). The van der Waals surface area contributed by atoms with Gasteiger partial charge >= 0.3 is 0 Å². The first-order chi connectivity index (χ1) is 10.1. The van der Waals surface area contributed by atoms with Crippen LogP contribution in [0, 0.1) is 6.92 Å². The molecule has 1 saturated heterocycles. The number of rotatable bonds is 2. The molecule has 0 bridgehead atoms. The highest BCUT2D eigenvalue weighted by Gasteiger charge is 2.27. The topological polar surface area (TPSA) is 58.4 Å². The van der Waals surface area contributed by atoms with Crippen LogP contribution in [0.4, 0.5) is 0 Å². The average molecular weight is 307 g/mol. The molecule has 0 saturated carbocycles. The summed E-state index contributed by atoms with van der Waals surface area (Å²) < 4.78 is 1.83. The van der Waals surface area contributed by atoms with Crippen molar-refractivity contribution in [2.75, 3.05) is 13.2 Å². The van der Waals surface area contributed by atoms with Gasteiger partial charge in [-0.15, -0.1) is 11.3 Å². The lowest BCUT2D eigenvalue weighted by Crippen LogP contribution is -2.41. The minimum atomic E-state index is -0.0376. The van der Waals surface area contributed by atoms with Crippen LogP contribution >= 0.6 is 11.3 Å². The van der Waals surface area contributed by atoms with Crippen molar-refractivity contribution in [1.82, 2.24) is 14.7 Å². The summed E-state index contributed by atoms with van der Waals surface area (Å²) in [5.41, 5.74) is 0.956. The lowest BCUT2D eigenvalue weighted by molar-refractivity contribution is 0.0605. The maximum atomic E-state index is 12.8. The molecule has 3 heterocycles. The van der Waals surface area contributed by atoms with Crippen molar-refractivity contribution in [3.05, 3.63) is 16.6 Å². The van der Waals surface area contributed by atoms with Crippen molar-refractivity contribution in [2.45, 2.75) is 38.6 Å². The van der Waals surface area contributed by atoms with Gasteiger partial charge in [-0.2, -0.15) is 5.10 Å². The summed E-state index contributed by atoms with van der Waals surface area (Å²) in [6, 6.07) is 1.91. The Morgan fingerprint density at radius 1 is 1.48 bits per heavy atom. The summed E-state index contributed by atoms with van der Waals surface area (Å²) in [5.74, 6) is 0.0524. The van der Waals surface area contributed by atoms with Crippen molar-refractivity contribution in [2.24, 2.45) is 7.05 Å².